The maximum atomic E-state index is 11.6. The quantitative estimate of drug-likeness (QED) is 0.290. The van der Waals surface area contributed by atoms with E-state index in [0.29, 0.717) is 5.65 Å². The summed E-state index contributed by atoms with van der Waals surface area (Å²) >= 11 is 0. The minimum absolute atomic E-state index is 0.103. The first-order chi connectivity index (χ1) is 11.8. The van der Waals surface area contributed by atoms with Crippen molar-refractivity contribution < 1.29 is 34.0 Å². The van der Waals surface area contributed by atoms with Crippen LogP contribution in [-0.4, -0.2) is 77.9 Å². The molecule has 0 saturated heterocycles. The minimum atomic E-state index is -4.33. The van der Waals surface area contributed by atoms with E-state index in [4.69, 9.17) is 24.4 Å². The van der Waals surface area contributed by atoms with Gasteiger partial charge in [-0.25, -0.2) is 9.97 Å². The Balaban J connectivity index is 2.08. The van der Waals surface area contributed by atoms with Crippen LogP contribution < -0.4 is 5.56 Å². The van der Waals surface area contributed by atoms with E-state index in [9.17, 15) is 14.5 Å². The summed E-state index contributed by atoms with van der Waals surface area (Å²) < 4.78 is 22.7. The molecule has 2 aromatic heterocycles. The Morgan fingerprint density at radius 2 is 2.08 bits per heavy atom. The SMILES string of the molecule is O=c1[nH]cnc2c1ncn2C[C@H](COCP(=O)(O)O)OCC(O)CO. The number of imidazole rings is 1. The van der Waals surface area contributed by atoms with Crippen molar-refractivity contribution in [3.05, 3.63) is 23.0 Å². The van der Waals surface area contributed by atoms with Crippen molar-refractivity contribution in [2.24, 2.45) is 0 Å². The molecule has 2 aromatic rings. The summed E-state index contributed by atoms with van der Waals surface area (Å²) in [4.78, 5) is 39.7. The first-order valence-corrected chi connectivity index (χ1v) is 9.01. The molecule has 0 amide bonds. The van der Waals surface area contributed by atoms with Gasteiger partial charge in [0.1, 0.15) is 12.5 Å². The minimum Gasteiger partial charge on any atom is -0.394 e. The summed E-state index contributed by atoms with van der Waals surface area (Å²) in [6.07, 6.45) is -0.0263. The molecule has 140 valence electrons. The lowest BCUT2D eigenvalue weighted by molar-refractivity contribution is -0.0606. The number of nitrogens with zero attached hydrogens (tertiary/aromatic N) is 3. The number of aromatic amines is 1. The van der Waals surface area contributed by atoms with E-state index < -0.39 is 38.3 Å². The van der Waals surface area contributed by atoms with Gasteiger partial charge in [-0.3, -0.25) is 9.36 Å². The molecule has 13 heteroatoms. The Kier molecular flexibility index (Phi) is 6.79. The van der Waals surface area contributed by atoms with Crippen LogP contribution >= 0.6 is 7.60 Å². The van der Waals surface area contributed by atoms with Gasteiger partial charge in [-0.05, 0) is 0 Å². The number of aliphatic hydroxyl groups excluding tert-OH is 2. The van der Waals surface area contributed by atoms with E-state index in [-0.39, 0.29) is 25.3 Å². The highest BCUT2D eigenvalue weighted by Gasteiger charge is 2.19. The van der Waals surface area contributed by atoms with Crippen LogP contribution in [-0.2, 0) is 20.6 Å². The Labute approximate surface area is 141 Å². The Bertz CT molecular complexity index is 787. The predicted molar refractivity (Wildman–Crippen MR) is 83.8 cm³/mol. The second-order valence-corrected chi connectivity index (χ2v) is 6.84. The number of aromatic nitrogens is 4. The first kappa shape index (κ1) is 19.7. The number of H-pyrrole nitrogens is 1. The van der Waals surface area contributed by atoms with Crippen molar-refractivity contribution in [2.75, 3.05) is 26.2 Å². The second-order valence-electron chi connectivity index (χ2n) is 5.26. The fourth-order valence-electron chi connectivity index (χ4n) is 2.00. The third kappa shape index (κ3) is 5.97. The topological polar surface area (TPSA) is 180 Å². The number of rotatable bonds is 10. The van der Waals surface area contributed by atoms with E-state index in [0.717, 1.165) is 0 Å². The van der Waals surface area contributed by atoms with E-state index in [1.165, 1.54) is 17.2 Å². The average molecular weight is 378 g/mol. The van der Waals surface area contributed by atoms with Gasteiger partial charge < -0.3 is 39.0 Å². The molecule has 0 aliphatic carbocycles. The molecule has 2 rings (SSSR count). The molecule has 12 nitrogen and oxygen atoms in total. The highest BCUT2D eigenvalue weighted by molar-refractivity contribution is 7.51. The fraction of sp³-hybridized carbons (Fsp3) is 0.583. The van der Waals surface area contributed by atoms with Gasteiger partial charge in [0.15, 0.2) is 11.2 Å². The molecular weight excluding hydrogens is 359 g/mol. The van der Waals surface area contributed by atoms with Gasteiger partial charge in [-0.1, -0.05) is 0 Å². The van der Waals surface area contributed by atoms with Crippen molar-refractivity contribution in [2.45, 2.75) is 18.8 Å². The van der Waals surface area contributed by atoms with Crippen LogP contribution in [0.5, 0.6) is 0 Å². The summed E-state index contributed by atoms with van der Waals surface area (Å²) in [7, 11) is -4.33. The molecule has 0 saturated carbocycles. The summed E-state index contributed by atoms with van der Waals surface area (Å²) in [5, 5.41) is 18.2. The van der Waals surface area contributed by atoms with E-state index in [1.54, 1.807) is 0 Å². The molecule has 5 N–H and O–H groups in total. The zero-order chi connectivity index (χ0) is 18.4. The fourth-order valence-corrected chi connectivity index (χ4v) is 2.34. The normalized spacial score (nSPS) is 14.7. The maximum absolute atomic E-state index is 11.6. The summed E-state index contributed by atoms with van der Waals surface area (Å²) in [5.74, 6) is 0. The van der Waals surface area contributed by atoms with Crippen LogP contribution in [0.4, 0.5) is 0 Å². The Hall–Kier alpha value is -1.66. The van der Waals surface area contributed by atoms with Crippen LogP contribution in [0.1, 0.15) is 0 Å². The van der Waals surface area contributed by atoms with Crippen LogP contribution in [0.2, 0.25) is 0 Å². The Morgan fingerprint density at radius 3 is 2.76 bits per heavy atom. The molecule has 0 aromatic carbocycles. The summed E-state index contributed by atoms with van der Waals surface area (Å²) in [6, 6.07) is 0. The van der Waals surface area contributed by atoms with E-state index >= 15 is 0 Å². The number of ether oxygens (including phenoxy) is 2. The third-order valence-corrected chi connectivity index (χ3v) is 3.63. The van der Waals surface area contributed by atoms with Crippen LogP contribution in [0.25, 0.3) is 11.2 Å². The largest absolute Gasteiger partial charge is 0.394 e. The lowest BCUT2D eigenvalue weighted by atomic mass is 10.3. The summed E-state index contributed by atoms with van der Waals surface area (Å²) in [5.41, 5.74) is 0.0255. The standard InChI is InChI=1S/C12H19N4O8P/c17-2-8(18)3-24-9(4-23-7-25(20,21)22)1-16-6-15-10-11(16)13-5-14-12(10)19/h5-6,8-9,17-18H,1-4,7H2,(H,13,14,19)(H2,20,21,22)/t8?,9-/m1/s1. The highest BCUT2D eigenvalue weighted by Crippen LogP contribution is 2.33. The molecule has 2 heterocycles. The van der Waals surface area contributed by atoms with Crippen molar-refractivity contribution >= 4 is 18.8 Å². The monoisotopic (exact) mass is 378 g/mol. The molecule has 0 aliphatic heterocycles. The molecule has 0 aliphatic rings. The number of fused-ring (bicyclic) bond motifs is 1. The van der Waals surface area contributed by atoms with Crippen molar-refractivity contribution in [3.63, 3.8) is 0 Å². The van der Waals surface area contributed by atoms with Gasteiger partial charge in [0.05, 0.1) is 45.1 Å². The molecule has 2 atom stereocenters. The van der Waals surface area contributed by atoms with Crippen LogP contribution in [0.3, 0.4) is 0 Å². The zero-order valence-electron chi connectivity index (χ0n) is 13.1. The summed E-state index contributed by atoms with van der Waals surface area (Å²) in [6.45, 7) is -0.791. The number of aliphatic hydroxyl groups is 2. The van der Waals surface area contributed by atoms with E-state index in [2.05, 4.69) is 15.0 Å². The van der Waals surface area contributed by atoms with Gasteiger partial charge in [-0.2, -0.15) is 0 Å². The first-order valence-electron chi connectivity index (χ1n) is 7.21. The zero-order valence-corrected chi connectivity index (χ0v) is 14.0. The lowest BCUT2D eigenvalue weighted by Crippen LogP contribution is -2.30. The predicted octanol–water partition coefficient (Wildman–Crippen LogP) is -1.99. The number of nitrogens with one attached hydrogen (secondary N) is 1. The van der Waals surface area contributed by atoms with Gasteiger partial charge in [0, 0.05) is 0 Å². The van der Waals surface area contributed by atoms with Crippen LogP contribution in [0, 0.1) is 0 Å². The van der Waals surface area contributed by atoms with Gasteiger partial charge >= 0.3 is 7.60 Å². The van der Waals surface area contributed by atoms with Gasteiger partial charge in [-0.15, -0.1) is 0 Å². The van der Waals surface area contributed by atoms with Crippen molar-refractivity contribution in [1.82, 2.24) is 19.5 Å². The molecule has 0 spiro atoms. The average Bonchev–Trinajstić information content (AvgIpc) is 2.95. The van der Waals surface area contributed by atoms with E-state index in [1.807, 2.05) is 0 Å². The highest BCUT2D eigenvalue weighted by atomic mass is 31.2. The maximum Gasteiger partial charge on any atom is 0.350 e. The van der Waals surface area contributed by atoms with Crippen molar-refractivity contribution in [1.29, 1.82) is 0 Å². The van der Waals surface area contributed by atoms with Crippen LogP contribution in [0.15, 0.2) is 17.4 Å². The smallest absolute Gasteiger partial charge is 0.350 e. The molecule has 1 unspecified atom stereocenters. The number of hydrogen-bond acceptors (Lipinski definition) is 8. The lowest BCUT2D eigenvalue weighted by Gasteiger charge is -2.20. The molecular formula is C12H19N4O8P. The molecule has 0 bridgehead atoms. The van der Waals surface area contributed by atoms with Gasteiger partial charge in [0.2, 0.25) is 0 Å². The van der Waals surface area contributed by atoms with Crippen molar-refractivity contribution in [3.8, 4) is 0 Å². The molecule has 0 radical (unpaired) electrons. The number of hydrogen-bond donors (Lipinski definition) is 5. The van der Waals surface area contributed by atoms with Gasteiger partial charge in [0.25, 0.3) is 5.56 Å². The second kappa shape index (κ2) is 8.63. The Morgan fingerprint density at radius 1 is 1.32 bits per heavy atom. The molecule has 25 heavy (non-hydrogen) atoms. The third-order valence-electron chi connectivity index (χ3n) is 3.11. The molecule has 0 fully saturated rings.